The monoisotopic (exact) mass is 421 g/mol. The Bertz CT molecular complexity index is 1080. The van der Waals surface area contributed by atoms with Crippen molar-refractivity contribution in [1.82, 2.24) is 19.6 Å². The molecule has 7 nitrogen and oxygen atoms in total. The standard InChI is InChI=1S/C23H24FN5O2/c1-27-9-5-10-28(13-12-27)23(31)17-14-18(24)16-19(15-17)26-22(30)20-6-2-3-7-21(20)29-11-4-8-25-29/h2-4,6-8,11,14-16H,5,9-10,12-13H2,1H3,(H,26,30). The van der Waals surface area contributed by atoms with E-state index < -0.39 is 11.7 Å². The number of halogens is 1. The number of likely N-dealkylation sites (N-methyl/N-ethyl adjacent to an activating group) is 1. The molecule has 1 aromatic heterocycles. The average Bonchev–Trinajstić information content (AvgIpc) is 3.21. The van der Waals surface area contributed by atoms with Gasteiger partial charge in [0.2, 0.25) is 0 Å². The molecule has 1 N–H and O–H groups in total. The summed E-state index contributed by atoms with van der Waals surface area (Å²) in [6.07, 6.45) is 4.23. The minimum Gasteiger partial charge on any atom is -0.337 e. The van der Waals surface area contributed by atoms with Crippen molar-refractivity contribution in [1.29, 1.82) is 0 Å². The van der Waals surface area contributed by atoms with Crippen molar-refractivity contribution in [3.05, 3.63) is 77.9 Å². The van der Waals surface area contributed by atoms with Crippen LogP contribution in [0.5, 0.6) is 0 Å². The smallest absolute Gasteiger partial charge is 0.257 e. The average molecular weight is 421 g/mol. The number of hydrogen-bond acceptors (Lipinski definition) is 4. The molecule has 0 spiro atoms. The van der Waals surface area contributed by atoms with Gasteiger partial charge in [-0.3, -0.25) is 9.59 Å². The first-order valence-corrected chi connectivity index (χ1v) is 10.2. The van der Waals surface area contributed by atoms with Gasteiger partial charge in [-0.2, -0.15) is 5.10 Å². The normalized spacial score (nSPS) is 14.8. The van der Waals surface area contributed by atoms with Gasteiger partial charge in [-0.1, -0.05) is 12.1 Å². The van der Waals surface area contributed by atoms with Crippen LogP contribution in [0.3, 0.4) is 0 Å². The predicted molar refractivity (Wildman–Crippen MR) is 116 cm³/mol. The first-order valence-electron chi connectivity index (χ1n) is 10.2. The molecule has 0 aliphatic carbocycles. The molecule has 3 aromatic rings. The van der Waals surface area contributed by atoms with E-state index in [4.69, 9.17) is 0 Å². The van der Waals surface area contributed by atoms with Crippen LogP contribution in [0.1, 0.15) is 27.1 Å². The molecule has 160 valence electrons. The molecule has 0 atom stereocenters. The highest BCUT2D eigenvalue weighted by atomic mass is 19.1. The van der Waals surface area contributed by atoms with Crippen molar-refractivity contribution in [3.63, 3.8) is 0 Å². The number of amides is 2. The molecule has 4 rings (SSSR count). The molecule has 1 aliphatic heterocycles. The van der Waals surface area contributed by atoms with Gasteiger partial charge in [0, 0.05) is 43.3 Å². The Kier molecular flexibility index (Phi) is 6.08. The van der Waals surface area contributed by atoms with Gasteiger partial charge in [0.05, 0.1) is 11.3 Å². The summed E-state index contributed by atoms with van der Waals surface area (Å²) in [4.78, 5) is 29.8. The summed E-state index contributed by atoms with van der Waals surface area (Å²) in [5.74, 6) is -1.22. The van der Waals surface area contributed by atoms with Gasteiger partial charge >= 0.3 is 0 Å². The summed E-state index contributed by atoms with van der Waals surface area (Å²) in [5.41, 5.74) is 1.45. The maximum Gasteiger partial charge on any atom is 0.257 e. The summed E-state index contributed by atoms with van der Waals surface area (Å²) < 4.78 is 15.9. The van der Waals surface area contributed by atoms with Gasteiger partial charge in [-0.05, 0) is 56.4 Å². The van der Waals surface area contributed by atoms with Crippen LogP contribution >= 0.6 is 0 Å². The fourth-order valence-electron chi connectivity index (χ4n) is 3.69. The van der Waals surface area contributed by atoms with Gasteiger partial charge in [-0.25, -0.2) is 9.07 Å². The summed E-state index contributed by atoms with van der Waals surface area (Å²) >= 11 is 0. The Morgan fingerprint density at radius 3 is 2.68 bits per heavy atom. The van der Waals surface area contributed by atoms with Crippen molar-refractivity contribution in [2.45, 2.75) is 6.42 Å². The molecule has 31 heavy (non-hydrogen) atoms. The Morgan fingerprint density at radius 2 is 1.87 bits per heavy atom. The fourth-order valence-corrected chi connectivity index (χ4v) is 3.69. The summed E-state index contributed by atoms with van der Waals surface area (Å²) in [5, 5.41) is 6.90. The maximum absolute atomic E-state index is 14.3. The SMILES string of the molecule is CN1CCCN(C(=O)c2cc(F)cc(NC(=O)c3ccccc3-n3cccn3)c2)CC1. The number of anilines is 1. The number of aromatic nitrogens is 2. The number of rotatable bonds is 4. The largest absolute Gasteiger partial charge is 0.337 e. The van der Waals surface area contributed by atoms with Crippen LogP contribution in [0.2, 0.25) is 0 Å². The first kappa shape index (κ1) is 20.7. The van der Waals surface area contributed by atoms with E-state index in [0.717, 1.165) is 19.5 Å². The second kappa shape index (κ2) is 9.09. The number of hydrogen-bond donors (Lipinski definition) is 1. The lowest BCUT2D eigenvalue weighted by atomic mass is 10.1. The lowest BCUT2D eigenvalue weighted by Crippen LogP contribution is -2.34. The van der Waals surface area contributed by atoms with Gasteiger partial charge in [0.25, 0.3) is 11.8 Å². The van der Waals surface area contributed by atoms with E-state index in [9.17, 15) is 14.0 Å². The van der Waals surface area contributed by atoms with Gasteiger partial charge in [-0.15, -0.1) is 0 Å². The van der Waals surface area contributed by atoms with E-state index in [2.05, 4.69) is 15.3 Å². The van der Waals surface area contributed by atoms with E-state index >= 15 is 0 Å². The van der Waals surface area contributed by atoms with Crippen LogP contribution in [0.25, 0.3) is 5.69 Å². The maximum atomic E-state index is 14.3. The predicted octanol–water partition coefficient (Wildman–Crippen LogP) is 3.04. The van der Waals surface area contributed by atoms with Crippen molar-refractivity contribution >= 4 is 17.5 Å². The van der Waals surface area contributed by atoms with Crippen LogP contribution in [0, 0.1) is 5.82 Å². The second-order valence-electron chi connectivity index (χ2n) is 7.60. The summed E-state index contributed by atoms with van der Waals surface area (Å²) in [6, 6.07) is 12.7. The minimum absolute atomic E-state index is 0.222. The molecule has 2 aromatic carbocycles. The Labute approximate surface area is 180 Å². The number of benzene rings is 2. The van der Waals surface area contributed by atoms with Gasteiger partial charge in [0.15, 0.2) is 0 Å². The quantitative estimate of drug-likeness (QED) is 0.703. The zero-order chi connectivity index (χ0) is 21.8. The van der Waals surface area contributed by atoms with E-state index in [1.165, 1.54) is 18.2 Å². The summed E-state index contributed by atoms with van der Waals surface area (Å²) in [7, 11) is 2.02. The van der Waals surface area contributed by atoms with Crippen molar-refractivity contribution < 1.29 is 14.0 Å². The molecule has 0 bridgehead atoms. The van der Waals surface area contributed by atoms with Crippen LogP contribution < -0.4 is 5.32 Å². The number of nitrogens with one attached hydrogen (secondary N) is 1. The molecule has 1 aliphatic rings. The molecule has 0 saturated carbocycles. The van der Waals surface area contributed by atoms with E-state index in [1.54, 1.807) is 46.2 Å². The molecule has 1 saturated heterocycles. The minimum atomic E-state index is -0.576. The number of carbonyl (C=O) groups excluding carboxylic acids is 2. The zero-order valence-corrected chi connectivity index (χ0v) is 17.3. The topological polar surface area (TPSA) is 70.5 Å². The van der Waals surface area contributed by atoms with Crippen LogP contribution in [-0.4, -0.2) is 64.6 Å². The molecule has 8 heteroatoms. The van der Waals surface area contributed by atoms with E-state index in [1.807, 2.05) is 13.1 Å². The molecule has 0 radical (unpaired) electrons. The van der Waals surface area contributed by atoms with Crippen LogP contribution in [0.4, 0.5) is 10.1 Å². The van der Waals surface area contributed by atoms with Crippen LogP contribution in [0.15, 0.2) is 60.9 Å². The molecule has 0 unspecified atom stereocenters. The van der Waals surface area contributed by atoms with Crippen LogP contribution in [-0.2, 0) is 0 Å². The molecular weight excluding hydrogens is 397 g/mol. The third-order valence-corrected chi connectivity index (χ3v) is 5.31. The Balaban J connectivity index is 1.56. The molecule has 1 fully saturated rings. The number of para-hydroxylation sites is 1. The zero-order valence-electron chi connectivity index (χ0n) is 17.3. The van der Waals surface area contributed by atoms with Crippen molar-refractivity contribution in [2.24, 2.45) is 0 Å². The summed E-state index contributed by atoms with van der Waals surface area (Å²) in [6.45, 7) is 2.90. The first-order chi connectivity index (χ1) is 15.0. The second-order valence-corrected chi connectivity index (χ2v) is 7.60. The Hall–Kier alpha value is -3.52. The van der Waals surface area contributed by atoms with E-state index in [0.29, 0.717) is 24.3 Å². The highest BCUT2D eigenvalue weighted by Crippen LogP contribution is 2.20. The van der Waals surface area contributed by atoms with Gasteiger partial charge in [0.1, 0.15) is 5.82 Å². The van der Waals surface area contributed by atoms with Crippen molar-refractivity contribution in [2.75, 3.05) is 38.5 Å². The number of carbonyl (C=O) groups is 2. The highest BCUT2D eigenvalue weighted by Gasteiger charge is 2.21. The molecule has 2 amide bonds. The number of nitrogens with zero attached hydrogens (tertiary/aromatic N) is 4. The fraction of sp³-hybridized carbons (Fsp3) is 0.261. The van der Waals surface area contributed by atoms with E-state index in [-0.39, 0.29) is 17.2 Å². The van der Waals surface area contributed by atoms with Gasteiger partial charge < -0.3 is 15.1 Å². The lowest BCUT2D eigenvalue weighted by Gasteiger charge is -2.21. The lowest BCUT2D eigenvalue weighted by molar-refractivity contribution is 0.0762. The third kappa shape index (κ3) is 4.80. The molecular formula is C23H24FN5O2. The third-order valence-electron chi connectivity index (χ3n) is 5.31. The Morgan fingerprint density at radius 1 is 1.03 bits per heavy atom. The highest BCUT2D eigenvalue weighted by molar-refractivity contribution is 6.07. The molecule has 2 heterocycles. The van der Waals surface area contributed by atoms with Crippen molar-refractivity contribution in [3.8, 4) is 5.69 Å².